The third kappa shape index (κ3) is 2.74. The second-order valence-electron chi connectivity index (χ2n) is 3.50. The van der Waals surface area contributed by atoms with Crippen molar-refractivity contribution in [2.45, 2.75) is 6.54 Å². The van der Waals surface area contributed by atoms with E-state index in [0.717, 1.165) is 5.56 Å². The maximum absolute atomic E-state index is 11.4. The van der Waals surface area contributed by atoms with Gasteiger partial charge in [-0.3, -0.25) is 4.68 Å². The van der Waals surface area contributed by atoms with Crippen LogP contribution < -0.4 is 0 Å². The molecule has 5 heteroatoms. The monoisotopic (exact) mass is 294 g/mol. The number of ether oxygens (including phenoxy) is 1. The molecule has 1 aromatic carbocycles. The number of hydrogen-bond acceptors (Lipinski definition) is 3. The number of carbonyl (C=O) groups excluding carboxylic acids is 1. The molecule has 0 radical (unpaired) electrons. The Kier molecular flexibility index (Phi) is 3.58. The Labute approximate surface area is 107 Å². The van der Waals surface area contributed by atoms with Gasteiger partial charge in [0.1, 0.15) is 0 Å². The van der Waals surface area contributed by atoms with Gasteiger partial charge in [0.2, 0.25) is 0 Å². The number of halogens is 1. The number of methoxy groups -OCH3 is 1. The minimum atomic E-state index is -0.441. The first-order valence-electron chi connectivity index (χ1n) is 5.06. The van der Waals surface area contributed by atoms with E-state index >= 15 is 0 Å². The molecule has 4 nitrogen and oxygen atoms in total. The number of rotatable bonds is 3. The van der Waals surface area contributed by atoms with E-state index in [2.05, 4.69) is 25.8 Å². The molecule has 0 bridgehead atoms. The van der Waals surface area contributed by atoms with Crippen LogP contribution >= 0.6 is 15.9 Å². The zero-order valence-corrected chi connectivity index (χ0v) is 10.8. The number of benzene rings is 1. The predicted octanol–water partition coefficient (Wildman–Crippen LogP) is 2.48. The van der Waals surface area contributed by atoms with E-state index in [1.54, 1.807) is 10.9 Å². The average molecular weight is 295 g/mol. The SMILES string of the molecule is COC(=O)c1nn(Cc2ccccc2)cc1Br. The molecule has 0 saturated heterocycles. The van der Waals surface area contributed by atoms with E-state index < -0.39 is 5.97 Å². The van der Waals surface area contributed by atoms with Crippen molar-refractivity contribution in [3.05, 3.63) is 52.3 Å². The van der Waals surface area contributed by atoms with E-state index in [4.69, 9.17) is 0 Å². The van der Waals surface area contributed by atoms with E-state index in [1.165, 1.54) is 7.11 Å². The molecule has 1 heterocycles. The minimum Gasteiger partial charge on any atom is -0.464 e. The quantitative estimate of drug-likeness (QED) is 0.817. The van der Waals surface area contributed by atoms with Crippen molar-refractivity contribution >= 4 is 21.9 Å². The van der Waals surface area contributed by atoms with Crippen LogP contribution in [0.3, 0.4) is 0 Å². The molecule has 0 aliphatic rings. The summed E-state index contributed by atoms with van der Waals surface area (Å²) >= 11 is 3.29. The predicted molar refractivity (Wildman–Crippen MR) is 66.8 cm³/mol. The lowest BCUT2D eigenvalue weighted by Gasteiger charge is -2.00. The van der Waals surface area contributed by atoms with Gasteiger partial charge in [0.15, 0.2) is 5.69 Å². The largest absolute Gasteiger partial charge is 0.464 e. The normalized spacial score (nSPS) is 10.2. The van der Waals surface area contributed by atoms with Crippen molar-refractivity contribution in [3.63, 3.8) is 0 Å². The highest BCUT2D eigenvalue weighted by Crippen LogP contribution is 2.16. The Hall–Kier alpha value is -1.62. The molecule has 0 aliphatic carbocycles. The minimum absolute atomic E-state index is 0.295. The number of aromatic nitrogens is 2. The number of nitrogens with zero attached hydrogens (tertiary/aromatic N) is 2. The summed E-state index contributed by atoms with van der Waals surface area (Å²) in [5, 5.41) is 4.17. The van der Waals surface area contributed by atoms with E-state index in [0.29, 0.717) is 16.7 Å². The Morgan fingerprint density at radius 2 is 2.12 bits per heavy atom. The van der Waals surface area contributed by atoms with Crippen LogP contribution in [0, 0.1) is 0 Å². The summed E-state index contributed by atoms with van der Waals surface area (Å²) in [5.41, 5.74) is 1.42. The smallest absolute Gasteiger partial charge is 0.359 e. The van der Waals surface area contributed by atoms with Gasteiger partial charge in [0.25, 0.3) is 0 Å². The summed E-state index contributed by atoms with van der Waals surface area (Å²) in [6, 6.07) is 9.91. The fourth-order valence-corrected chi connectivity index (χ4v) is 1.96. The van der Waals surface area contributed by atoms with Crippen LogP contribution in [0.2, 0.25) is 0 Å². The zero-order chi connectivity index (χ0) is 12.3. The van der Waals surface area contributed by atoms with Crippen LogP contribution in [0.15, 0.2) is 41.0 Å². The third-order valence-corrected chi connectivity index (χ3v) is 2.86. The molecular weight excluding hydrogens is 284 g/mol. The van der Waals surface area contributed by atoms with Crippen LogP contribution in [-0.4, -0.2) is 22.9 Å². The number of esters is 1. The van der Waals surface area contributed by atoms with Crippen molar-refractivity contribution in [3.8, 4) is 0 Å². The summed E-state index contributed by atoms with van der Waals surface area (Å²) in [5.74, 6) is -0.441. The summed E-state index contributed by atoms with van der Waals surface area (Å²) in [4.78, 5) is 11.4. The molecule has 2 aromatic rings. The third-order valence-electron chi connectivity index (χ3n) is 2.28. The number of carbonyl (C=O) groups is 1. The molecule has 0 aliphatic heterocycles. The topological polar surface area (TPSA) is 44.1 Å². The molecule has 17 heavy (non-hydrogen) atoms. The highest BCUT2D eigenvalue weighted by atomic mass is 79.9. The van der Waals surface area contributed by atoms with Gasteiger partial charge in [-0.05, 0) is 21.5 Å². The van der Waals surface area contributed by atoms with E-state index in [-0.39, 0.29) is 0 Å². The maximum Gasteiger partial charge on any atom is 0.359 e. The molecule has 0 amide bonds. The van der Waals surface area contributed by atoms with Gasteiger partial charge in [-0.2, -0.15) is 5.10 Å². The zero-order valence-electron chi connectivity index (χ0n) is 9.26. The second kappa shape index (κ2) is 5.14. The fraction of sp³-hybridized carbons (Fsp3) is 0.167. The Balaban J connectivity index is 2.21. The molecule has 0 unspecified atom stereocenters. The van der Waals surface area contributed by atoms with Crippen LogP contribution in [0.1, 0.15) is 16.1 Å². The first-order valence-corrected chi connectivity index (χ1v) is 5.85. The Morgan fingerprint density at radius 3 is 2.76 bits per heavy atom. The summed E-state index contributed by atoms with van der Waals surface area (Å²) in [6.45, 7) is 0.621. The second-order valence-corrected chi connectivity index (χ2v) is 4.35. The van der Waals surface area contributed by atoms with Gasteiger partial charge in [0, 0.05) is 6.20 Å². The molecule has 88 valence electrons. The summed E-state index contributed by atoms with van der Waals surface area (Å²) < 4.78 is 6.98. The van der Waals surface area contributed by atoms with Crippen LogP contribution in [0.4, 0.5) is 0 Å². The lowest BCUT2D eigenvalue weighted by atomic mass is 10.2. The molecular formula is C12H11BrN2O2. The van der Waals surface area contributed by atoms with Gasteiger partial charge in [-0.25, -0.2) is 4.79 Å². The summed E-state index contributed by atoms with van der Waals surface area (Å²) in [7, 11) is 1.34. The highest BCUT2D eigenvalue weighted by Gasteiger charge is 2.15. The van der Waals surface area contributed by atoms with Gasteiger partial charge in [-0.1, -0.05) is 30.3 Å². The Morgan fingerprint density at radius 1 is 1.41 bits per heavy atom. The van der Waals surface area contributed by atoms with Crippen LogP contribution in [0.25, 0.3) is 0 Å². The first-order chi connectivity index (χ1) is 8.20. The van der Waals surface area contributed by atoms with E-state index in [9.17, 15) is 4.79 Å². The lowest BCUT2D eigenvalue weighted by Crippen LogP contribution is -2.06. The standard InChI is InChI=1S/C12H11BrN2O2/c1-17-12(16)11-10(13)8-15(14-11)7-9-5-3-2-4-6-9/h2-6,8H,7H2,1H3. The van der Waals surface area contributed by atoms with Gasteiger partial charge >= 0.3 is 5.97 Å². The maximum atomic E-state index is 11.4. The van der Waals surface area contributed by atoms with Gasteiger partial charge in [-0.15, -0.1) is 0 Å². The molecule has 1 aromatic heterocycles. The average Bonchev–Trinajstić information content (AvgIpc) is 2.70. The van der Waals surface area contributed by atoms with Gasteiger partial charge < -0.3 is 4.74 Å². The van der Waals surface area contributed by atoms with Gasteiger partial charge in [0.05, 0.1) is 18.1 Å². The summed E-state index contributed by atoms with van der Waals surface area (Å²) in [6.07, 6.45) is 1.76. The van der Waals surface area contributed by atoms with Crippen molar-refractivity contribution in [1.82, 2.24) is 9.78 Å². The van der Waals surface area contributed by atoms with Crippen LogP contribution in [0.5, 0.6) is 0 Å². The lowest BCUT2D eigenvalue weighted by molar-refractivity contribution is 0.0592. The van der Waals surface area contributed by atoms with E-state index in [1.807, 2.05) is 30.3 Å². The molecule has 0 spiro atoms. The van der Waals surface area contributed by atoms with Crippen molar-refractivity contribution in [2.24, 2.45) is 0 Å². The number of hydrogen-bond donors (Lipinski definition) is 0. The molecule has 0 saturated carbocycles. The molecule has 0 atom stereocenters. The molecule has 0 N–H and O–H groups in total. The van der Waals surface area contributed by atoms with Crippen LogP contribution in [-0.2, 0) is 11.3 Å². The first kappa shape index (κ1) is 11.9. The Bertz CT molecular complexity index is 523. The van der Waals surface area contributed by atoms with Crippen molar-refractivity contribution < 1.29 is 9.53 Å². The van der Waals surface area contributed by atoms with Crippen molar-refractivity contribution in [1.29, 1.82) is 0 Å². The van der Waals surface area contributed by atoms with Crippen molar-refractivity contribution in [2.75, 3.05) is 7.11 Å². The molecule has 0 fully saturated rings. The fourth-order valence-electron chi connectivity index (χ4n) is 1.48. The molecule has 2 rings (SSSR count). The highest BCUT2D eigenvalue weighted by molar-refractivity contribution is 9.10.